The van der Waals surface area contributed by atoms with E-state index in [2.05, 4.69) is 10.6 Å². The number of amides is 2. The number of ether oxygens (including phenoxy) is 1. The molecule has 1 aliphatic heterocycles. The maximum Gasteiger partial charge on any atom is 0.315 e. The molecule has 1 fully saturated rings. The summed E-state index contributed by atoms with van der Waals surface area (Å²) in [6.45, 7) is 5.29. The van der Waals surface area contributed by atoms with Crippen LogP contribution in [0.15, 0.2) is 24.3 Å². The predicted molar refractivity (Wildman–Crippen MR) is 90.3 cm³/mol. The van der Waals surface area contributed by atoms with Crippen molar-refractivity contribution in [2.75, 3.05) is 19.8 Å². The number of halogens is 1. The lowest BCUT2D eigenvalue weighted by Gasteiger charge is -2.32. The van der Waals surface area contributed by atoms with Crippen LogP contribution in [0, 0.1) is 11.7 Å². The van der Waals surface area contributed by atoms with Gasteiger partial charge in [-0.25, -0.2) is 9.18 Å². The number of aliphatic hydroxyl groups is 1. The summed E-state index contributed by atoms with van der Waals surface area (Å²) in [5.41, 5.74) is 0.0818. The van der Waals surface area contributed by atoms with Crippen LogP contribution >= 0.6 is 0 Å². The monoisotopic (exact) mass is 338 g/mol. The van der Waals surface area contributed by atoms with E-state index < -0.39 is 5.60 Å². The Balaban J connectivity index is 1.85. The normalized spacial score (nSPS) is 18.2. The first-order chi connectivity index (χ1) is 11.4. The number of rotatable bonds is 6. The van der Waals surface area contributed by atoms with Crippen LogP contribution in [0.4, 0.5) is 9.18 Å². The summed E-state index contributed by atoms with van der Waals surface area (Å²) in [5.74, 6) is -0.0396. The molecular formula is C18H27FN2O3. The van der Waals surface area contributed by atoms with Crippen LogP contribution in [0.5, 0.6) is 0 Å². The summed E-state index contributed by atoms with van der Waals surface area (Å²) in [6, 6.07) is 5.95. The van der Waals surface area contributed by atoms with Crippen molar-refractivity contribution < 1.29 is 19.0 Å². The lowest BCUT2D eigenvalue weighted by Crippen LogP contribution is -2.51. The Morgan fingerprint density at radius 1 is 1.29 bits per heavy atom. The second kappa shape index (κ2) is 8.44. The summed E-state index contributed by atoms with van der Waals surface area (Å²) in [4.78, 5) is 12.2. The average molecular weight is 338 g/mol. The number of nitrogens with one attached hydrogen (secondary N) is 2. The minimum absolute atomic E-state index is 0.0696. The smallest absolute Gasteiger partial charge is 0.315 e. The molecule has 1 atom stereocenters. The van der Waals surface area contributed by atoms with Crippen molar-refractivity contribution >= 4 is 6.03 Å². The second-order valence-electron chi connectivity index (χ2n) is 6.84. The Bertz CT molecular complexity index is 528. The molecule has 5 nitrogen and oxygen atoms in total. The topological polar surface area (TPSA) is 70.6 Å². The van der Waals surface area contributed by atoms with E-state index in [9.17, 15) is 14.3 Å². The highest BCUT2D eigenvalue weighted by Gasteiger charge is 2.30. The van der Waals surface area contributed by atoms with Crippen molar-refractivity contribution in [3.05, 3.63) is 35.6 Å². The zero-order valence-corrected chi connectivity index (χ0v) is 14.3. The lowest BCUT2D eigenvalue weighted by molar-refractivity contribution is -0.0600. The summed E-state index contributed by atoms with van der Waals surface area (Å²) in [5, 5.41) is 16.1. The first kappa shape index (κ1) is 18.7. The molecule has 0 saturated carbocycles. The number of carbonyl (C=O) groups is 1. The van der Waals surface area contributed by atoms with Gasteiger partial charge >= 0.3 is 6.03 Å². The third-order valence-corrected chi connectivity index (χ3v) is 4.49. The van der Waals surface area contributed by atoms with Gasteiger partial charge in [-0.3, -0.25) is 0 Å². The molecule has 6 heteroatoms. The van der Waals surface area contributed by atoms with Gasteiger partial charge in [-0.05, 0) is 30.0 Å². The van der Waals surface area contributed by atoms with Crippen LogP contribution in [-0.4, -0.2) is 42.5 Å². The van der Waals surface area contributed by atoms with Crippen molar-refractivity contribution in [1.82, 2.24) is 10.6 Å². The summed E-state index contributed by atoms with van der Waals surface area (Å²) >= 11 is 0. The van der Waals surface area contributed by atoms with E-state index in [4.69, 9.17) is 4.74 Å². The van der Waals surface area contributed by atoms with E-state index in [0.29, 0.717) is 32.5 Å². The number of hydrogen-bond donors (Lipinski definition) is 3. The van der Waals surface area contributed by atoms with Crippen molar-refractivity contribution in [3.63, 3.8) is 0 Å². The van der Waals surface area contributed by atoms with Crippen molar-refractivity contribution in [1.29, 1.82) is 0 Å². The minimum Gasteiger partial charge on any atom is -0.388 e. The Kier molecular flexibility index (Phi) is 6.57. The molecule has 134 valence electrons. The van der Waals surface area contributed by atoms with E-state index in [1.165, 1.54) is 12.1 Å². The van der Waals surface area contributed by atoms with E-state index in [-0.39, 0.29) is 30.4 Å². The van der Waals surface area contributed by atoms with Crippen LogP contribution < -0.4 is 10.6 Å². The molecule has 2 rings (SSSR count). The molecule has 1 unspecified atom stereocenters. The molecule has 1 aromatic carbocycles. The standard InChI is InChI=1S/C18H27FN2O3/c1-13(2)16(11-14-3-5-15(19)6-4-14)21-17(22)20-12-18(23)7-9-24-10-8-18/h3-6,13,16,23H,7-12H2,1-2H3,(H2,20,21,22). The fourth-order valence-corrected chi connectivity index (χ4v) is 2.72. The van der Waals surface area contributed by atoms with Crippen molar-refractivity contribution in [2.45, 2.75) is 44.8 Å². The predicted octanol–water partition coefficient (Wildman–Crippen LogP) is 2.23. The van der Waals surface area contributed by atoms with Gasteiger partial charge in [0.2, 0.25) is 0 Å². The van der Waals surface area contributed by atoms with Gasteiger partial charge in [-0.2, -0.15) is 0 Å². The maximum absolute atomic E-state index is 13.0. The molecule has 0 bridgehead atoms. The summed E-state index contributed by atoms with van der Waals surface area (Å²) < 4.78 is 18.2. The lowest BCUT2D eigenvalue weighted by atomic mass is 9.94. The highest BCUT2D eigenvalue weighted by Crippen LogP contribution is 2.19. The van der Waals surface area contributed by atoms with Gasteiger partial charge in [0.1, 0.15) is 5.82 Å². The third-order valence-electron chi connectivity index (χ3n) is 4.49. The molecule has 1 saturated heterocycles. The zero-order chi connectivity index (χ0) is 17.6. The summed E-state index contributed by atoms with van der Waals surface area (Å²) in [7, 11) is 0. The molecule has 0 aliphatic carbocycles. The van der Waals surface area contributed by atoms with Crippen molar-refractivity contribution in [2.24, 2.45) is 5.92 Å². The quantitative estimate of drug-likeness (QED) is 0.745. The Hall–Kier alpha value is -1.66. The molecule has 1 aromatic rings. The minimum atomic E-state index is -0.889. The number of carbonyl (C=O) groups excluding carboxylic acids is 1. The third kappa shape index (κ3) is 5.76. The highest BCUT2D eigenvalue weighted by atomic mass is 19.1. The van der Waals surface area contributed by atoms with E-state index in [0.717, 1.165) is 5.56 Å². The van der Waals surface area contributed by atoms with E-state index in [1.807, 2.05) is 13.8 Å². The highest BCUT2D eigenvalue weighted by molar-refractivity contribution is 5.74. The number of hydrogen-bond acceptors (Lipinski definition) is 3. The van der Waals surface area contributed by atoms with E-state index >= 15 is 0 Å². The largest absolute Gasteiger partial charge is 0.388 e. The number of urea groups is 1. The molecule has 1 aliphatic rings. The van der Waals surface area contributed by atoms with Gasteiger partial charge in [0, 0.05) is 38.6 Å². The first-order valence-electron chi connectivity index (χ1n) is 8.47. The van der Waals surface area contributed by atoms with Crippen LogP contribution in [0.2, 0.25) is 0 Å². The van der Waals surface area contributed by atoms with Crippen molar-refractivity contribution in [3.8, 4) is 0 Å². The van der Waals surface area contributed by atoms with E-state index in [1.54, 1.807) is 12.1 Å². The van der Waals surface area contributed by atoms with Gasteiger partial charge in [0.05, 0.1) is 5.60 Å². The Morgan fingerprint density at radius 2 is 1.92 bits per heavy atom. The summed E-state index contributed by atoms with van der Waals surface area (Å²) in [6.07, 6.45) is 1.68. The molecule has 3 N–H and O–H groups in total. The SMILES string of the molecule is CC(C)C(Cc1ccc(F)cc1)NC(=O)NCC1(O)CCOCC1. The molecule has 2 amide bonds. The first-order valence-corrected chi connectivity index (χ1v) is 8.47. The van der Waals surface area contributed by atoms with Gasteiger partial charge in [-0.15, -0.1) is 0 Å². The fraction of sp³-hybridized carbons (Fsp3) is 0.611. The van der Waals surface area contributed by atoms with Gasteiger partial charge in [0.15, 0.2) is 0 Å². The van der Waals surface area contributed by atoms with Gasteiger partial charge < -0.3 is 20.5 Å². The van der Waals surface area contributed by atoms with Crippen LogP contribution in [-0.2, 0) is 11.2 Å². The molecular weight excluding hydrogens is 311 g/mol. The number of benzene rings is 1. The average Bonchev–Trinajstić information content (AvgIpc) is 2.55. The molecule has 0 aromatic heterocycles. The zero-order valence-electron chi connectivity index (χ0n) is 14.3. The van der Waals surface area contributed by atoms with Crippen LogP contribution in [0.25, 0.3) is 0 Å². The molecule has 24 heavy (non-hydrogen) atoms. The Labute approximate surface area is 142 Å². The molecule has 0 spiro atoms. The van der Waals surface area contributed by atoms with Gasteiger partial charge in [-0.1, -0.05) is 26.0 Å². The Morgan fingerprint density at radius 3 is 2.50 bits per heavy atom. The second-order valence-corrected chi connectivity index (χ2v) is 6.84. The van der Waals surface area contributed by atoms with Gasteiger partial charge in [0.25, 0.3) is 0 Å². The maximum atomic E-state index is 13.0. The van der Waals surface area contributed by atoms with Crippen LogP contribution in [0.3, 0.4) is 0 Å². The fourth-order valence-electron chi connectivity index (χ4n) is 2.72. The molecule has 0 radical (unpaired) electrons. The molecule has 1 heterocycles. The van der Waals surface area contributed by atoms with Crippen LogP contribution in [0.1, 0.15) is 32.3 Å².